The molecular weight excluding hydrogens is 223 g/mol. The Balaban J connectivity index is 2.51. The van der Waals surface area contributed by atoms with Gasteiger partial charge >= 0.3 is 12.1 Å². The molecule has 0 bridgehead atoms. The maximum atomic E-state index is 11.8. The number of hydrogen-bond donors (Lipinski definition) is 1. The van der Waals surface area contributed by atoms with Crippen molar-refractivity contribution in [3.05, 3.63) is 29.8 Å². The number of nitrogen functional groups attached to an aromatic ring is 1. The van der Waals surface area contributed by atoms with Crippen LogP contribution in [0, 0.1) is 0 Å². The number of anilines is 1. The van der Waals surface area contributed by atoms with Crippen molar-refractivity contribution < 1.29 is 22.7 Å². The summed E-state index contributed by atoms with van der Waals surface area (Å²) in [4.78, 5) is 11.3. The van der Waals surface area contributed by atoms with E-state index in [2.05, 4.69) is 4.74 Å². The third kappa shape index (κ3) is 3.80. The van der Waals surface area contributed by atoms with Crippen molar-refractivity contribution in [3.63, 3.8) is 0 Å². The van der Waals surface area contributed by atoms with Gasteiger partial charge in [-0.2, -0.15) is 13.2 Å². The number of rotatable bonds is 3. The van der Waals surface area contributed by atoms with Gasteiger partial charge in [0.25, 0.3) is 0 Å². The number of esters is 1. The molecule has 16 heavy (non-hydrogen) atoms. The lowest BCUT2D eigenvalue weighted by molar-refractivity contribution is -0.141. The van der Waals surface area contributed by atoms with Crippen molar-refractivity contribution in [1.29, 1.82) is 0 Å². The Hall–Kier alpha value is -1.72. The van der Waals surface area contributed by atoms with Gasteiger partial charge in [0, 0.05) is 5.69 Å². The van der Waals surface area contributed by atoms with Crippen LogP contribution >= 0.6 is 0 Å². The van der Waals surface area contributed by atoms with Gasteiger partial charge in [0.05, 0.1) is 12.0 Å². The van der Waals surface area contributed by atoms with Crippen LogP contribution in [-0.2, 0) is 4.74 Å². The number of benzene rings is 1. The van der Waals surface area contributed by atoms with E-state index in [1.54, 1.807) is 12.1 Å². The Labute approximate surface area is 90.0 Å². The van der Waals surface area contributed by atoms with Crippen LogP contribution in [0.3, 0.4) is 0 Å². The molecule has 0 aromatic heterocycles. The zero-order valence-corrected chi connectivity index (χ0v) is 8.25. The fourth-order valence-electron chi connectivity index (χ4n) is 1.02. The second-order valence-electron chi connectivity index (χ2n) is 3.09. The third-order valence-electron chi connectivity index (χ3n) is 1.80. The summed E-state index contributed by atoms with van der Waals surface area (Å²) in [6.07, 6.45) is -5.49. The van der Waals surface area contributed by atoms with E-state index in [4.69, 9.17) is 5.73 Å². The van der Waals surface area contributed by atoms with Gasteiger partial charge in [0.15, 0.2) is 0 Å². The minimum absolute atomic E-state index is 0.0738. The number of alkyl halides is 3. The normalized spacial score (nSPS) is 11.2. The molecule has 0 heterocycles. The molecule has 6 heteroatoms. The first kappa shape index (κ1) is 12.4. The van der Waals surface area contributed by atoms with Crippen molar-refractivity contribution in [2.75, 3.05) is 12.3 Å². The number of carbonyl (C=O) groups is 1. The van der Waals surface area contributed by atoms with Crippen LogP contribution < -0.4 is 5.73 Å². The third-order valence-corrected chi connectivity index (χ3v) is 1.80. The summed E-state index contributed by atoms with van der Waals surface area (Å²) in [5.41, 5.74) is 5.71. The molecule has 0 saturated carbocycles. The summed E-state index contributed by atoms with van der Waals surface area (Å²) in [5, 5.41) is 0. The van der Waals surface area contributed by atoms with E-state index < -0.39 is 25.2 Å². The molecule has 1 aromatic carbocycles. The van der Waals surface area contributed by atoms with Crippen molar-refractivity contribution in [2.45, 2.75) is 12.6 Å². The van der Waals surface area contributed by atoms with Gasteiger partial charge in [-0.15, -0.1) is 0 Å². The summed E-state index contributed by atoms with van der Waals surface area (Å²) in [6, 6.07) is 6.03. The Morgan fingerprint density at radius 3 is 2.50 bits per heavy atom. The zero-order valence-electron chi connectivity index (χ0n) is 8.25. The fraction of sp³-hybridized carbons (Fsp3) is 0.300. The predicted octanol–water partition coefficient (Wildman–Crippen LogP) is 2.38. The molecule has 0 amide bonds. The van der Waals surface area contributed by atoms with Crippen LogP contribution in [0.4, 0.5) is 18.9 Å². The first-order valence-corrected chi connectivity index (χ1v) is 4.48. The molecule has 0 radical (unpaired) electrons. The predicted molar refractivity (Wildman–Crippen MR) is 51.8 cm³/mol. The van der Waals surface area contributed by atoms with E-state index in [0.29, 0.717) is 0 Å². The van der Waals surface area contributed by atoms with Gasteiger partial charge in [-0.3, -0.25) is 0 Å². The lowest BCUT2D eigenvalue weighted by Gasteiger charge is -2.08. The van der Waals surface area contributed by atoms with Crippen LogP contribution in [-0.4, -0.2) is 18.8 Å². The molecule has 2 N–H and O–H groups in total. The second-order valence-corrected chi connectivity index (χ2v) is 3.09. The number of ether oxygens (including phenoxy) is 1. The van der Waals surface area contributed by atoms with Crippen LogP contribution in [0.2, 0.25) is 0 Å². The highest BCUT2D eigenvalue weighted by Gasteiger charge is 2.27. The maximum absolute atomic E-state index is 11.8. The molecule has 0 aliphatic rings. The van der Waals surface area contributed by atoms with Crippen LogP contribution in [0.25, 0.3) is 0 Å². The van der Waals surface area contributed by atoms with E-state index in [1.807, 2.05) is 0 Å². The molecule has 1 aromatic rings. The zero-order chi connectivity index (χ0) is 12.2. The van der Waals surface area contributed by atoms with Crippen molar-refractivity contribution in [2.24, 2.45) is 0 Å². The number of para-hydroxylation sites is 1. The number of nitrogens with two attached hydrogens (primary N) is 1. The minimum Gasteiger partial charge on any atom is -0.462 e. The molecule has 1 rings (SSSR count). The molecule has 88 valence electrons. The minimum atomic E-state index is -4.33. The van der Waals surface area contributed by atoms with Crippen molar-refractivity contribution in [3.8, 4) is 0 Å². The maximum Gasteiger partial charge on any atom is 0.392 e. The average Bonchev–Trinajstić information content (AvgIpc) is 2.16. The first-order valence-electron chi connectivity index (χ1n) is 4.48. The van der Waals surface area contributed by atoms with Gasteiger partial charge in [0.2, 0.25) is 0 Å². The van der Waals surface area contributed by atoms with Gasteiger partial charge in [-0.05, 0) is 12.1 Å². The lowest BCUT2D eigenvalue weighted by Crippen LogP contribution is -2.15. The number of hydrogen-bond acceptors (Lipinski definition) is 3. The van der Waals surface area contributed by atoms with Crippen molar-refractivity contribution >= 4 is 11.7 Å². The second kappa shape index (κ2) is 4.87. The molecule has 0 aliphatic heterocycles. The molecular formula is C10H10F3NO2. The van der Waals surface area contributed by atoms with E-state index in [0.717, 1.165) is 0 Å². The van der Waals surface area contributed by atoms with E-state index in [-0.39, 0.29) is 11.3 Å². The summed E-state index contributed by atoms with van der Waals surface area (Å²) in [6.45, 7) is -0.698. The lowest BCUT2D eigenvalue weighted by atomic mass is 10.2. The molecule has 0 atom stereocenters. The van der Waals surface area contributed by atoms with E-state index in [1.165, 1.54) is 12.1 Å². The van der Waals surface area contributed by atoms with Crippen LogP contribution in [0.5, 0.6) is 0 Å². The fourth-order valence-corrected chi connectivity index (χ4v) is 1.02. The molecule has 0 saturated heterocycles. The highest BCUT2D eigenvalue weighted by molar-refractivity contribution is 5.94. The highest BCUT2D eigenvalue weighted by Crippen LogP contribution is 2.19. The average molecular weight is 233 g/mol. The monoisotopic (exact) mass is 233 g/mol. The Morgan fingerprint density at radius 2 is 1.94 bits per heavy atom. The largest absolute Gasteiger partial charge is 0.462 e. The van der Waals surface area contributed by atoms with E-state index in [9.17, 15) is 18.0 Å². The standard InChI is InChI=1S/C10H10F3NO2/c11-10(12,13)5-6-16-9(15)7-3-1-2-4-8(7)14/h1-4H,5-6,14H2. The number of carbonyl (C=O) groups excluding carboxylic acids is 1. The Morgan fingerprint density at radius 1 is 1.31 bits per heavy atom. The Kier molecular flexibility index (Phi) is 3.76. The van der Waals surface area contributed by atoms with Gasteiger partial charge < -0.3 is 10.5 Å². The summed E-state index contributed by atoms with van der Waals surface area (Å²) >= 11 is 0. The Bertz CT molecular complexity index is 377. The smallest absolute Gasteiger partial charge is 0.392 e. The first-order chi connectivity index (χ1) is 7.40. The molecule has 3 nitrogen and oxygen atoms in total. The topological polar surface area (TPSA) is 52.3 Å². The summed E-state index contributed by atoms with van der Waals surface area (Å²) in [5.74, 6) is -0.845. The SMILES string of the molecule is Nc1ccccc1C(=O)OCCC(F)(F)F. The molecule has 0 aliphatic carbocycles. The summed E-state index contributed by atoms with van der Waals surface area (Å²) < 4.78 is 39.8. The summed E-state index contributed by atoms with van der Waals surface area (Å²) in [7, 11) is 0. The van der Waals surface area contributed by atoms with Crippen LogP contribution in [0.15, 0.2) is 24.3 Å². The van der Waals surface area contributed by atoms with Crippen LogP contribution in [0.1, 0.15) is 16.8 Å². The van der Waals surface area contributed by atoms with Crippen molar-refractivity contribution in [1.82, 2.24) is 0 Å². The highest BCUT2D eigenvalue weighted by atomic mass is 19.4. The van der Waals surface area contributed by atoms with Gasteiger partial charge in [-0.25, -0.2) is 4.79 Å². The van der Waals surface area contributed by atoms with Gasteiger partial charge in [-0.1, -0.05) is 12.1 Å². The van der Waals surface area contributed by atoms with Gasteiger partial charge in [0.1, 0.15) is 6.61 Å². The number of halogens is 3. The molecule has 0 fully saturated rings. The van der Waals surface area contributed by atoms with E-state index >= 15 is 0 Å². The quantitative estimate of drug-likeness (QED) is 0.644. The molecule has 0 unspecified atom stereocenters. The molecule has 0 spiro atoms.